The molecule has 1 amide bonds. The number of hydrogen-bond donors (Lipinski definition) is 3. The van der Waals surface area contributed by atoms with Crippen molar-refractivity contribution in [2.24, 2.45) is 5.73 Å². The second kappa shape index (κ2) is 4.48. The second-order valence-electron chi connectivity index (χ2n) is 2.66. The van der Waals surface area contributed by atoms with E-state index in [4.69, 9.17) is 21.3 Å². The zero-order chi connectivity index (χ0) is 10.6. The third-order valence-corrected chi connectivity index (χ3v) is 1.65. The van der Waals surface area contributed by atoms with Gasteiger partial charge in [-0.25, -0.2) is 0 Å². The van der Waals surface area contributed by atoms with Crippen LogP contribution in [0.5, 0.6) is 5.75 Å². The third-order valence-electron chi connectivity index (χ3n) is 1.65. The summed E-state index contributed by atoms with van der Waals surface area (Å²) >= 11 is 0. The highest BCUT2D eigenvalue weighted by atomic mass is 16.5. The van der Waals surface area contributed by atoms with Crippen molar-refractivity contribution < 1.29 is 14.6 Å². The number of aliphatic hydroxyl groups is 1. The van der Waals surface area contributed by atoms with Crippen LogP contribution >= 0.6 is 0 Å². The molecular weight excluding hydrogens is 184 g/mol. The first kappa shape index (κ1) is 10.3. The van der Waals surface area contributed by atoms with E-state index in [-0.39, 0.29) is 24.5 Å². The maximum Gasteiger partial charge on any atom is 0.254 e. The van der Waals surface area contributed by atoms with E-state index < -0.39 is 5.91 Å². The van der Waals surface area contributed by atoms with E-state index in [2.05, 4.69) is 0 Å². The number of primary amides is 1. The van der Waals surface area contributed by atoms with E-state index in [0.29, 0.717) is 5.75 Å². The fourth-order valence-electron chi connectivity index (χ4n) is 1.09. The van der Waals surface area contributed by atoms with E-state index in [1.165, 1.54) is 0 Å². The van der Waals surface area contributed by atoms with Crippen LogP contribution in [0.1, 0.15) is 10.4 Å². The van der Waals surface area contributed by atoms with Crippen molar-refractivity contribution in [2.45, 2.75) is 0 Å². The predicted octanol–water partition coefficient (Wildman–Crippen LogP) is -0.261. The van der Waals surface area contributed by atoms with Gasteiger partial charge >= 0.3 is 0 Å². The Bertz CT molecular complexity index is 339. The van der Waals surface area contributed by atoms with Crippen LogP contribution < -0.4 is 16.2 Å². The summed E-state index contributed by atoms with van der Waals surface area (Å²) in [6.07, 6.45) is 0. The molecule has 5 N–H and O–H groups in total. The molecule has 0 heterocycles. The molecule has 5 nitrogen and oxygen atoms in total. The van der Waals surface area contributed by atoms with Crippen molar-refractivity contribution in [2.75, 3.05) is 18.9 Å². The molecular formula is C9H12N2O3. The van der Waals surface area contributed by atoms with Gasteiger partial charge in [0.05, 0.1) is 6.61 Å². The Labute approximate surface area is 81.3 Å². The van der Waals surface area contributed by atoms with Crippen LogP contribution in [0.25, 0.3) is 0 Å². The molecule has 0 saturated carbocycles. The Balaban J connectivity index is 3.02. The smallest absolute Gasteiger partial charge is 0.254 e. The molecule has 1 aromatic carbocycles. The quantitative estimate of drug-likeness (QED) is 0.578. The highest BCUT2D eigenvalue weighted by molar-refractivity contribution is 6.00. The average molecular weight is 196 g/mol. The molecule has 5 heteroatoms. The van der Waals surface area contributed by atoms with Crippen LogP contribution in [0.2, 0.25) is 0 Å². The summed E-state index contributed by atoms with van der Waals surface area (Å²) in [6.45, 7) is -0.0310. The van der Waals surface area contributed by atoms with Gasteiger partial charge in [0.2, 0.25) is 0 Å². The fourth-order valence-corrected chi connectivity index (χ4v) is 1.09. The summed E-state index contributed by atoms with van der Waals surface area (Å²) in [6, 6.07) is 4.78. The Morgan fingerprint density at radius 2 is 2.21 bits per heavy atom. The van der Waals surface area contributed by atoms with Gasteiger partial charge in [-0.2, -0.15) is 0 Å². The van der Waals surface area contributed by atoms with E-state index in [9.17, 15) is 4.79 Å². The van der Waals surface area contributed by atoms with Gasteiger partial charge in [-0.3, -0.25) is 4.79 Å². The summed E-state index contributed by atoms with van der Waals surface area (Å²) in [5.41, 5.74) is 11.1. The molecule has 1 rings (SSSR count). The number of nitrogen functional groups attached to an aromatic ring is 1. The van der Waals surface area contributed by atoms with Crippen LogP contribution in [-0.4, -0.2) is 24.2 Å². The molecule has 0 aliphatic heterocycles. The number of ether oxygens (including phenoxy) is 1. The lowest BCUT2D eigenvalue weighted by molar-refractivity contribution is 0.0995. The Morgan fingerprint density at radius 3 is 2.79 bits per heavy atom. The molecule has 0 fully saturated rings. The third kappa shape index (κ3) is 2.14. The lowest BCUT2D eigenvalue weighted by Gasteiger charge is -2.09. The van der Waals surface area contributed by atoms with Crippen molar-refractivity contribution in [1.82, 2.24) is 0 Å². The number of nitrogens with two attached hydrogens (primary N) is 2. The SMILES string of the molecule is NC(=O)c1c(N)cccc1OCCO. The molecule has 0 aliphatic carbocycles. The minimum Gasteiger partial charge on any atom is -0.490 e. The Morgan fingerprint density at radius 1 is 1.50 bits per heavy atom. The van der Waals surface area contributed by atoms with Crippen LogP contribution in [0.3, 0.4) is 0 Å². The standard InChI is InChI=1S/C9H12N2O3/c10-6-2-1-3-7(14-5-4-12)8(6)9(11)13/h1-3,12H,4-5,10H2,(H2,11,13). The maximum atomic E-state index is 11.0. The number of amides is 1. The van der Waals surface area contributed by atoms with Crippen molar-refractivity contribution in [3.05, 3.63) is 23.8 Å². The Hall–Kier alpha value is -1.75. The van der Waals surface area contributed by atoms with Gasteiger partial charge in [-0.1, -0.05) is 6.07 Å². The molecule has 0 aromatic heterocycles. The van der Waals surface area contributed by atoms with Crippen molar-refractivity contribution >= 4 is 11.6 Å². The van der Waals surface area contributed by atoms with E-state index in [1.54, 1.807) is 18.2 Å². The number of carbonyl (C=O) groups is 1. The van der Waals surface area contributed by atoms with Gasteiger partial charge in [0, 0.05) is 5.69 Å². The second-order valence-corrected chi connectivity index (χ2v) is 2.66. The summed E-state index contributed by atoms with van der Waals surface area (Å²) in [4.78, 5) is 11.0. The largest absolute Gasteiger partial charge is 0.490 e. The number of anilines is 1. The topological polar surface area (TPSA) is 98.6 Å². The number of aliphatic hydroxyl groups excluding tert-OH is 1. The summed E-state index contributed by atoms with van der Waals surface area (Å²) in [7, 11) is 0. The van der Waals surface area contributed by atoms with Crippen molar-refractivity contribution in [3.63, 3.8) is 0 Å². The summed E-state index contributed by atoms with van der Waals surface area (Å²) in [5, 5.41) is 8.55. The molecule has 0 saturated heterocycles. The zero-order valence-corrected chi connectivity index (χ0v) is 7.56. The van der Waals surface area contributed by atoms with E-state index >= 15 is 0 Å². The monoisotopic (exact) mass is 196 g/mol. The van der Waals surface area contributed by atoms with Gasteiger partial charge in [-0.05, 0) is 12.1 Å². The van der Waals surface area contributed by atoms with Gasteiger partial charge in [0.15, 0.2) is 0 Å². The molecule has 0 spiro atoms. The highest BCUT2D eigenvalue weighted by Crippen LogP contribution is 2.23. The number of rotatable bonds is 4. The van der Waals surface area contributed by atoms with Crippen LogP contribution in [-0.2, 0) is 0 Å². The van der Waals surface area contributed by atoms with Crippen molar-refractivity contribution in [1.29, 1.82) is 0 Å². The fraction of sp³-hybridized carbons (Fsp3) is 0.222. The molecule has 0 radical (unpaired) electrons. The first-order chi connectivity index (χ1) is 6.66. The molecule has 0 aliphatic rings. The minimum absolute atomic E-state index is 0.101. The van der Waals surface area contributed by atoms with E-state index in [0.717, 1.165) is 0 Å². The molecule has 0 bridgehead atoms. The zero-order valence-electron chi connectivity index (χ0n) is 7.56. The van der Waals surface area contributed by atoms with E-state index in [1.807, 2.05) is 0 Å². The Kier molecular flexibility index (Phi) is 3.30. The molecule has 14 heavy (non-hydrogen) atoms. The van der Waals surface area contributed by atoms with Gasteiger partial charge < -0.3 is 21.3 Å². The van der Waals surface area contributed by atoms with Crippen LogP contribution in [0, 0.1) is 0 Å². The highest BCUT2D eigenvalue weighted by Gasteiger charge is 2.12. The van der Waals surface area contributed by atoms with Gasteiger partial charge in [0.1, 0.15) is 17.9 Å². The first-order valence-corrected chi connectivity index (χ1v) is 4.08. The molecule has 0 unspecified atom stereocenters. The average Bonchev–Trinajstić information content (AvgIpc) is 2.14. The summed E-state index contributed by atoms with van der Waals surface area (Å²) in [5.74, 6) is -0.345. The molecule has 0 atom stereocenters. The van der Waals surface area contributed by atoms with Gasteiger partial charge in [0.25, 0.3) is 5.91 Å². The number of benzene rings is 1. The van der Waals surface area contributed by atoms with Gasteiger partial charge in [-0.15, -0.1) is 0 Å². The van der Waals surface area contributed by atoms with Crippen LogP contribution in [0.4, 0.5) is 5.69 Å². The normalized spacial score (nSPS) is 9.79. The number of hydrogen-bond acceptors (Lipinski definition) is 4. The van der Waals surface area contributed by atoms with Crippen LogP contribution in [0.15, 0.2) is 18.2 Å². The maximum absolute atomic E-state index is 11.0. The predicted molar refractivity (Wildman–Crippen MR) is 52.0 cm³/mol. The minimum atomic E-state index is -0.643. The summed E-state index contributed by atoms with van der Waals surface area (Å²) < 4.78 is 5.10. The molecule has 1 aromatic rings. The lowest BCUT2D eigenvalue weighted by atomic mass is 10.1. The first-order valence-electron chi connectivity index (χ1n) is 4.08. The lowest BCUT2D eigenvalue weighted by Crippen LogP contribution is -2.16. The number of carbonyl (C=O) groups excluding carboxylic acids is 1. The van der Waals surface area contributed by atoms with Crippen molar-refractivity contribution in [3.8, 4) is 5.75 Å². The molecule has 76 valence electrons.